The van der Waals surface area contributed by atoms with E-state index in [1.807, 2.05) is 49.3 Å². The molecule has 0 bridgehead atoms. The highest BCUT2D eigenvalue weighted by molar-refractivity contribution is 5.97. The first-order valence-corrected chi connectivity index (χ1v) is 13.8. The number of rotatable bonds is 10. The molecule has 0 aliphatic carbocycles. The van der Waals surface area contributed by atoms with Gasteiger partial charge in [0.15, 0.2) is 17.3 Å². The van der Waals surface area contributed by atoms with Crippen molar-refractivity contribution in [1.29, 1.82) is 0 Å². The average Bonchev–Trinajstić information content (AvgIpc) is 3.50. The summed E-state index contributed by atoms with van der Waals surface area (Å²) in [6.45, 7) is 3.46. The molecule has 0 saturated carbocycles. The number of carbonyl (C=O) groups excluding carboxylic acids is 2. The second-order valence-electron chi connectivity index (χ2n) is 10.3. The lowest BCUT2D eigenvalue weighted by Crippen LogP contribution is -2.52. The van der Waals surface area contributed by atoms with Crippen LogP contribution in [0.4, 0.5) is 5.82 Å². The van der Waals surface area contributed by atoms with Crippen LogP contribution in [0.3, 0.4) is 0 Å². The summed E-state index contributed by atoms with van der Waals surface area (Å²) in [5, 5.41) is 8.87. The molecule has 5 rings (SSSR count). The Bertz CT molecular complexity index is 1410. The first-order valence-electron chi connectivity index (χ1n) is 13.8. The highest BCUT2D eigenvalue weighted by Crippen LogP contribution is 2.33. The standard InChI is InChI=1S/C30H36N6O6/c1-33(2)11-12-36(30(38)21-5-9-25-27(17-21)42-20-41-25)19-29(37)35-15-13-34(14-16-35)28-10-8-24(31-32-28)23-7-6-22(39-3)18-26(23)40-4/h5-10,17-18H,11-16,19-20H2,1-4H3. The third kappa shape index (κ3) is 6.49. The second kappa shape index (κ2) is 12.9. The van der Waals surface area contributed by atoms with E-state index in [1.165, 1.54) is 0 Å². The number of nitrogens with zero attached hydrogens (tertiary/aromatic N) is 6. The van der Waals surface area contributed by atoms with Crippen LogP contribution in [0.5, 0.6) is 23.0 Å². The fourth-order valence-corrected chi connectivity index (χ4v) is 4.88. The van der Waals surface area contributed by atoms with Crippen LogP contribution in [-0.2, 0) is 4.79 Å². The number of carbonyl (C=O) groups is 2. The van der Waals surface area contributed by atoms with Crippen LogP contribution in [0, 0.1) is 0 Å². The van der Waals surface area contributed by atoms with E-state index in [0.717, 1.165) is 11.4 Å². The normalized spacial score (nSPS) is 14.2. The first-order chi connectivity index (χ1) is 20.4. The molecule has 0 unspecified atom stereocenters. The minimum absolute atomic E-state index is 0.000683. The van der Waals surface area contributed by atoms with Crippen molar-refractivity contribution in [2.75, 3.05) is 85.8 Å². The van der Waals surface area contributed by atoms with Gasteiger partial charge in [-0.25, -0.2) is 0 Å². The number of aromatic nitrogens is 2. The molecule has 2 aromatic carbocycles. The quantitative estimate of drug-likeness (QED) is 0.356. The SMILES string of the molecule is COc1ccc(-c2ccc(N3CCN(C(=O)CN(CCN(C)C)C(=O)c4ccc5c(c4)OCO5)CC3)nn2)c(OC)c1. The van der Waals surface area contributed by atoms with Crippen LogP contribution in [0.25, 0.3) is 11.3 Å². The third-order valence-corrected chi connectivity index (χ3v) is 7.34. The number of hydrogen-bond acceptors (Lipinski definition) is 10. The molecule has 0 N–H and O–H groups in total. The lowest BCUT2D eigenvalue weighted by atomic mass is 10.1. The van der Waals surface area contributed by atoms with Crippen LogP contribution in [0.15, 0.2) is 48.5 Å². The predicted molar refractivity (Wildman–Crippen MR) is 156 cm³/mol. The predicted octanol–water partition coefficient (Wildman–Crippen LogP) is 2.24. The van der Waals surface area contributed by atoms with Crippen LogP contribution in [0.1, 0.15) is 10.4 Å². The van der Waals surface area contributed by atoms with Gasteiger partial charge in [0.25, 0.3) is 5.91 Å². The minimum Gasteiger partial charge on any atom is -0.497 e. The monoisotopic (exact) mass is 576 g/mol. The minimum atomic E-state index is -0.217. The van der Waals surface area contributed by atoms with Gasteiger partial charge in [-0.3, -0.25) is 9.59 Å². The van der Waals surface area contributed by atoms with Gasteiger partial charge in [-0.05, 0) is 56.6 Å². The highest BCUT2D eigenvalue weighted by atomic mass is 16.7. The molecule has 3 heterocycles. The summed E-state index contributed by atoms with van der Waals surface area (Å²) in [5.74, 6) is 2.94. The number of benzene rings is 2. The van der Waals surface area contributed by atoms with Gasteiger partial charge < -0.3 is 38.5 Å². The number of ether oxygens (including phenoxy) is 4. The van der Waals surface area contributed by atoms with Crippen molar-refractivity contribution < 1.29 is 28.5 Å². The lowest BCUT2D eigenvalue weighted by molar-refractivity contribution is -0.132. The Balaban J connectivity index is 1.20. The molecule has 0 radical (unpaired) electrons. The summed E-state index contributed by atoms with van der Waals surface area (Å²) in [5.41, 5.74) is 1.98. The maximum atomic E-state index is 13.4. The van der Waals surface area contributed by atoms with Crippen LogP contribution in [-0.4, -0.2) is 118 Å². The highest BCUT2D eigenvalue weighted by Gasteiger charge is 2.27. The molecule has 1 fully saturated rings. The summed E-state index contributed by atoms with van der Waals surface area (Å²) in [6, 6.07) is 14.5. The van der Waals surface area contributed by atoms with Gasteiger partial charge in [-0.15, -0.1) is 10.2 Å². The van der Waals surface area contributed by atoms with E-state index in [2.05, 4.69) is 15.1 Å². The summed E-state index contributed by atoms with van der Waals surface area (Å²) in [4.78, 5) is 34.2. The third-order valence-electron chi connectivity index (χ3n) is 7.34. The van der Waals surface area contributed by atoms with Crippen molar-refractivity contribution in [3.05, 3.63) is 54.1 Å². The number of piperazine rings is 1. The Labute approximate surface area is 245 Å². The van der Waals surface area contributed by atoms with Crippen molar-refractivity contribution in [3.63, 3.8) is 0 Å². The van der Waals surface area contributed by atoms with E-state index in [0.29, 0.717) is 73.5 Å². The average molecular weight is 577 g/mol. The number of fused-ring (bicyclic) bond motifs is 1. The smallest absolute Gasteiger partial charge is 0.254 e. The van der Waals surface area contributed by atoms with Gasteiger partial charge in [0.05, 0.1) is 19.9 Å². The fourth-order valence-electron chi connectivity index (χ4n) is 4.88. The molecule has 2 aliphatic rings. The van der Waals surface area contributed by atoms with E-state index in [-0.39, 0.29) is 25.2 Å². The van der Waals surface area contributed by atoms with E-state index in [4.69, 9.17) is 18.9 Å². The molecule has 1 aromatic heterocycles. The van der Waals surface area contributed by atoms with Crippen molar-refractivity contribution >= 4 is 17.6 Å². The fraction of sp³-hybridized carbons (Fsp3) is 0.400. The van der Waals surface area contributed by atoms with E-state index in [1.54, 1.807) is 42.2 Å². The Kier molecular flexibility index (Phi) is 8.91. The summed E-state index contributed by atoms with van der Waals surface area (Å²) in [7, 11) is 7.09. The van der Waals surface area contributed by atoms with Crippen LogP contribution >= 0.6 is 0 Å². The molecule has 1 saturated heterocycles. The van der Waals surface area contributed by atoms with E-state index in [9.17, 15) is 9.59 Å². The first kappa shape index (κ1) is 28.9. The zero-order valence-electron chi connectivity index (χ0n) is 24.4. The molecule has 12 nitrogen and oxygen atoms in total. The number of hydrogen-bond donors (Lipinski definition) is 0. The van der Waals surface area contributed by atoms with Gasteiger partial charge in [-0.2, -0.15) is 0 Å². The van der Waals surface area contributed by atoms with Crippen LogP contribution < -0.4 is 23.8 Å². The molecule has 3 aromatic rings. The lowest BCUT2D eigenvalue weighted by Gasteiger charge is -2.36. The molecule has 12 heteroatoms. The molecular formula is C30H36N6O6. The molecular weight excluding hydrogens is 540 g/mol. The Hall–Kier alpha value is -4.58. The number of amides is 2. The zero-order valence-corrected chi connectivity index (χ0v) is 24.4. The van der Waals surface area contributed by atoms with Crippen molar-refractivity contribution in [2.24, 2.45) is 0 Å². The summed E-state index contributed by atoms with van der Waals surface area (Å²) >= 11 is 0. The molecule has 0 spiro atoms. The Morgan fingerprint density at radius 3 is 2.36 bits per heavy atom. The summed E-state index contributed by atoms with van der Waals surface area (Å²) < 4.78 is 21.6. The molecule has 42 heavy (non-hydrogen) atoms. The van der Waals surface area contributed by atoms with Crippen molar-refractivity contribution in [3.8, 4) is 34.3 Å². The van der Waals surface area contributed by atoms with Gasteiger partial charge in [0.1, 0.15) is 18.0 Å². The maximum absolute atomic E-state index is 13.4. The van der Waals surface area contributed by atoms with Crippen molar-refractivity contribution in [2.45, 2.75) is 0 Å². The van der Waals surface area contributed by atoms with Gasteiger partial charge in [0, 0.05) is 56.5 Å². The number of anilines is 1. The Morgan fingerprint density at radius 2 is 1.67 bits per heavy atom. The zero-order chi connectivity index (χ0) is 29.6. The number of methoxy groups -OCH3 is 2. The summed E-state index contributed by atoms with van der Waals surface area (Å²) in [6.07, 6.45) is 0. The molecule has 2 amide bonds. The van der Waals surface area contributed by atoms with E-state index >= 15 is 0 Å². The molecule has 2 aliphatic heterocycles. The maximum Gasteiger partial charge on any atom is 0.254 e. The van der Waals surface area contributed by atoms with Crippen LogP contribution in [0.2, 0.25) is 0 Å². The largest absolute Gasteiger partial charge is 0.497 e. The van der Waals surface area contributed by atoms with E-state index < -0.39 is 0 Å². The van der Waals surface area contributed by atoms with Gasteiger partial charge in [-0.1, -0.05) is 0 Å². The topological polar surface area (TPSA) is 110 Å². The molecule has 0 atom stereocenters. The van der Waals surface area contributed by atoms with Gasteiger partial charge in [0.2, 0.25) is 12.7 Å². The second-order valence-corrected chi connectivity index (χ2v) is 10.3. The van der Waals surface area contributed by atoms with Gasteiger partial charge >= 0.3 is 0 Å². The molecule has 222 valence electrons. The number of likely N-dealkylation sites (N-methyl/N-ethyl adjacent to an activating group) is 1. The Morgan fingerprint density at radius 1 is 0.881 bits per heavy atom. The van der Waals surface area contributed by atoms with Crippen molar-refractivity contribution in [1.82, 2.24) is 24.9 Å².